The SMILES string of the molecule is CC(C)(C)O.CCOC(=O)Cc1c(C)cc2nc(CO)ccc2c1-c1ccc(Cl)cc1. The summed E-state index contributed by atoms with van der Waals surface area (Å²) in [5, 5.41) is 19.5. The monoisotopic (exact) mass is 443 g/mol. The molecule has 0 spiro atoms. The predicted molar refractivity (Wildman–Crippen MR) is 125 cm³/mol. The topological polar surface area (TPSA) is 79.7 Å². The Balaban J connectivity index is 0.000000614. The van der Waals surface area contributed by atoms with Crippen molar-refractivity contribution in [2.45, 2.75) is 53.2 Å². The normalized spacial score (nSPS) is 11.1. The van der Waals surface area contributed by atoms with Crippen LogP contribution in [0.25, 0.3) is 22.0 Å². The van der Waals surface area contributed by atoms with Crippen LogP contribution >= 0.6 is 11.6 Å². The fourth-order valence-electron chi connectivity index (χ4n) is 3.11. The first-order chi connectivity index (χ1) is 14.5. The van der Waals surface area contributed by atoms with Crippen molar-refractivity contribution in [1.82, 2.24) is 4.98 Å². The van der Waals surface area contributed by atoms with Crippen molar-refractivity contribution in [2.75, 3.05) is 6.61 Å². The van der Waals surface area contributed by atoms with E-state index in [0.717, 1.165) is 33.2 Å². The number of ether oxygens (including phenoxy) is 1. The zero-order chi connectivity index (χ0) is 23.2. The number of pyridine rings is 1. The number of hydrogen-bond acceptors (Lipinski definition) is 5. The molecule has 0 radical (unpaired) electrons. The lowest BCUT2D eigenvalue weighted by atomic mass is 9.90. The highest BCUT2D eigenvalue weighted by atomic mass is 35.5. The van der Waals surface area contributed by atoms with Crippen LogP contribution in [0, 0.1) is 6.92 Å². The summed E-state index contributed by atoms with van der Waals surface area (Å²) in [5.74, 6) is -0.259. The fraction of sp³-hybridized carbons (Fsp3) is 0.360. The average Bonchev–Trinajstić information content (AvgIpc) is 2.68. The lowest BCUT2D eigenvalue weighted by Crippen LogP contribution is -2.10. The molecule has 2 aromatic carbocycles. The van der Waals surface area contributed by atoms with Crippen LogP contribution in [0.4, 0.5) is 0 Å². The number of rotatable bonds is 5. The highest BCUT2D eigenvalue weighted by Gasteiger charge is 2.17. The summed E-state index contributed by atoms with van der Waals surface area (Å²) in [7, 11) is 0. The second-order valence-electron chi connectivity index (χ2n) is 8.23. The number of carbonyl (C=O) groups excluding carboxylic acids is 1. The van der Waals surface area contributed by atoms with E-state index >= 15 is 0 Å². The van der Waals surface area contributed by atoms with Crippen LogP contribution in [0.3, 0.4) is 0 Å². The smallest absolute Gasteiger partial charge is 0.310 e. The molecule has 0 amide bonds. The van der Waals surface area contributed by atoms with E-state index in [1.807, 2.05) is 43.3 Å². The molecular weight excluding hydrogens is 414 g/mol. The lowest BCUT2D eigenvalue weighted by Gasteiger charge is -2.16. The lowest BCUT2D eigenvalue weighted by molar-refractivity contribution is -0.142. The van der Waals surface area contributed by atoms with Gasteiger partial charge < -0.3 is 14.9 Å². The minimum Gasteiger partial charge on any atom is -0.466 e. The molecule has 0 saturated carbocycles. The van der Waals surface area contributed by atoms with Gasteiger partial charge in [0.25, 0.3) is 0 Å². The van der Waals surface area contributed by atoms with Crippen LogP contribution in [0.2, 0.25) is 5.02 Å². The first kappa shape index (κ1) is 24.8. The predicted octanol–water partition coefficient (Wildman–Crippen LogP) is 5.24. The fourth-order valence-corrected chi connectivity index (χ4v) is 3.23. The summed E-state index contributed by atoms with van der Waals surface area (Å²) in [6.45, 7) is 9.22. The molecule has 0 atom stereocenters. The Morgan fingerprint density at radius 3 is 2.29 bits per heavy atom. The van der Waals surface area contributed by atoms with Gasteiger partial charge in [-0.2, -0.15) is 0 Å². The molecule has 6 heteroatoms. The van der Waals surface area contributed by atoms with Crippen LogP contribution in [0.15, 0.2) is 42.5 Å². The zero-order valence-corrected chi connectivity index (χ0v) is 19.5. The number of halogens is 1. The number of nitrogens with zero attached hydrogens (tertiary/aromatic N) is 1. The van der Waals surface area contributed by atoms with Gasteiger partial charge >= 0.3 is 5.97 Å². The van der Waals surface area contributed by atoms with E-state index in [4.69, 9.17) is 21.4 Å². The van der Waals surface area contributed by atoms with Crippen LogP contribution in [-0.4, -0.2) is 33.4 Å². The first-order valence-corrected chi connectivity index (χ1v) is 10.6. The third kappa shape index (κ3) is 7.31. The van der Waals surface area contributed by atoms with E-state index in [1.165, 1.54) is 0 Å². The maximum atomic E-state index is 12.1. The second kappa shape index (κ2) is 10.7. The van der Waals surface area contributed by atoms with Gasteiger partial charge in [0.2, 0.25) is 0 Å². The summed E-state index contributed by atoms with van der Waals surface area (Å²) < 4.78 is 5.15. The Morgan fingerprint density at radius 1 is 1.13 bits per heavy atom. The van der Waals surface area contributed by atoms with Gasteiger partial charge in [-0.15, -0.1) is 0 Å². The number of aromatic nitrogens is 1. The molecule has 0 fully saturated rings. The molecular formula is C25H30ClNO4. The highest BCUT2D eigenvalue weighted by Crippen LogP contribution is 2.35. The Labute approximate surface area is 188 Å². The van der Waals surface area contributed by atoms with Gasteiger partial charge in [0.1, 0.15) is 0 Å². The molecule has 1 heterocycles. The maximum Gasteiger partial charge on any atom is 0.310 e. The van der Waals surface area contributed by atoms with Gasteiger partial charge in [-0.25, -0.2) is 0 Å². The third-order valence-electron chi connectivity index (χ3n) is 4.30. The Hall–Kier alpha value is -2.47. The molecule has 1 aromatic heterocycles. The summed E-state index contributed by atoms with van der Waals surface area (Å²) in [5.41, 5.74) is 4.67. The van der Waals surface area contributed by atoms with E-state index in [-0.39, 0.29) is 19.0 Å². The number of hydrogen-bond donors (Lipinski definition) is 2. The van der Waals surface area contributed by atoms with Crippen molar-refractivity contribution >= 4 is 28.5 Å². The molecule has 0 aliphatic carbocycles. The number of fused-ring (bicyclic) bond motifs is 1. The van der Waals surface area contributed by atoms with Gasteiger partial charge in [-0.05, 0) is 81.1 Å². The number of benzene rings is 2. The van der Waals surface area contributed by atoms with Gasteiger partial charge in [0.15, 0.2) is 0 Å². The minimum absolute atomic E-state index is 0.115. The van der Waals surface area contributed by atoms with Crippen LogP contribution in [0.1, 0.15) is 44.5 Å². The van der Waals surface area contributed by atoms with Crippen molar-refractivity contribution in [3.8, 4) is 11.1 Å². The van der Waals surface area contributed by atoms with Gasteiger partial charge in [-0.3, -0.25) is 9.78 Å². The molecule has 0 saturated heterocycles. The first-order valence-electron chi connectivity index (χ1n) is 10.2. The van der Waals surface area contributed by atoms with Gasteiger partial charge in [-0.1, -0.05) is 29.8 Å². The van der Waals surface area contributed by atoms with E-state index < -0.39 is 5.60 Å². The number of carbonyl (C=O) groups is 1. The van der Waals surface area contributed by atoms with E-state index in [0.29, 0.717) is 17.3 Å². The van der Waals surface area contributed by atoms with Gasteiger partial charge in [0, 0.05) is 10.4 Å². The van der Waals surface area contributed by atoms with Crippen molar-refractivity contribution < 1.29 is 19.7 Å². The molecule has 0 unspecified atom stereocenters. The van der Waals surface area contributed by atoms with Gasteiger partial charge in [0.05, 0.1) is 36.4 Å². The molecule has 3 rings (SSSR count). The molecule has 0 bridgehead atoms. The van der Waals surface area contributed by atoms with Crippen LogP contribution in [0.5, 0.6) is 0 Å². The minimum atomic E-state index is -0.500. The van der Waals surface area contributed by atoms with Crippen molar-refractivity contribution in [1.29, 1.82) is 0 Å². The molecule has 31 heavy (non-hydrogen) atoms. The summed E-state index contributed by atoms with van der Waals surface area (Å²) >= 11 is 6.04. The van der Waals surface area contributed by atoms with Crippen LogP contribution in [-0.2, 0) is 22.6 Å². The Bertz CT molecular complexity index is 1030. The Kier molecular flexibility index (Phi) is 8.57. The molecule has 2 N–H and O–H groups in total. The van der Waals surface area contributed by atoms with Crippen molar-refractivity contribution in [3.05, 3.63) is 64.3 Å². The number of aliphatic hydroxyl groups excluding tert-OH is 1. The Morgan fingerprint density at radius 2 is 1.74 bits per heavy atom. The second-order valence-corrected chi connectivity index (χ2v) is 8.67. The highest BCUT2D eigenvalue weighted by molar-refractivity contribution is 6.30. The van der Waals surface area contributed by atoms with Crippen LogP contribution < -0.4 is 0 Å². The third-order valence-corrected chi connectivity index (χ3v) is 4.56. The summed E-state index contributed by atoms with van der Waals surface area (Å²) in [4.78, 5) is 16.7. The van der Waals surface area contributed by atoms with Crippen molar-refractivity contribution in [2.24, 2.45) is 0 Å². The molecule has 3 aromatic rings. The van der Waals surface area contributed by atoms with E-state index in [1.54, 1.807) is 33.8 Å². The zero-order valence-electron chi connectivity index (χ0n) is 18.7. The molecule has 0 aliphatic heterocycles. The molecule has 5 nitrogen and oxygen atoms in total. The largest absolute Gasteiger partial charge is 0.466 e. The number of esters is 1. The molecule has 166 valence electrons. The average molecular weight is 444 g/mol. The quantitative estimate of drug-likeness (QED) is 0.527. The summed E-state index contributed by atoms with van der Waals surface area (Å²) in [6, 6.07) is 13.2. The maximum absolute atomic E-state index is 12.1. The standard InChI is InChI=1S/C21H20ClNO3.C4H10O/c1-3-26-20(25)11-18-13(2)10-19-17(9-8-16(12-24)23-19)21(18)14-4-6-15(22)7-5-14;1-4(2,3)5/h4-10,24H,3,11-12H2,1-2H3;5H,1-3H3. The summed E-state index contributed by atoms with van der Waals surface area (Å²) in [6.07, 6.45) is 0.190. The number of aryl methyl sites for hydroxylation is 1. The number of aliphatic hydroxyl groups is 2. The van der Waals surface area contributed by atoms with E-state index in [2.05, 4.69) is 4.98 Å². The van der Waals surface area contributed by atoms with Crippen molar-refractivity contribution in [3.63, 3.8) is 0 Å². The van der Waals surface area contributed by atoms with E-state index in [9.17, 15) is 9.90 Å². The molecule has 0 aliphatic rings.